The Morgan fingerprint density at radius 2 is 1.58 bits per heavy atom. The molecule has 0 heterocycles. The zero-order chi connectivity index (χ0) is 13.5. The lowest BCUT2D eigenvalue weighted by Gasteiger charge is -2.35. The second-order valence-corrected chi connectivity index (χ2v) is 5.99. The summed E-state index contributed by atoms with van der Waals surface area (Å²) in [6.45, 7) is 0.539. The fourth-order valence-electron chi connectivity index (χ4n) is 3.45. The lowest BCUT2D eigenvalue weighted by Crippen LogP contribution is -2.51. The molecule has 2 aliphatic rings. The number of nitrogens with one attached hydrogen (secondary N) is 1. The third-order valence-corrected chi connectivity index (χ3v) is 4.55. The summed E-state index contributed by atoms with van der Waals surface area (Å²) in [5.41, 5.74) is 0. The Kier molecular flexibility index (Phi) is 5.95. The second kappa shape index (κ2) is 7.73. The molecule has 2 amide bonds. The molecule has 0 atom stereocenters. The monoisotopic (exact) mass is 268 g/mol. The van der Waals surface area contributed by atoms with Gasteiger partial charge in [0.1, 0.15) is 0 Å². The molecule has 110 valence electrons. The second-order valence-electron chi connectivity index (χ2n) is 5.99. The zero-order valence-electron chi connectivity index (χ0n) is 11.9. The number of amides is 2. The molecule has 0 aromatic rings. The van der Waals surface area contributed by atoms with Gasteiger partial charge in [-0.15, -0.1) is 0 Å². The van der Waals surface area contributed by atoms with Gasteiger partial charge in [-0.05, 0) is 25.7 Å². The summed E-state index contributed by atoms with van der Waals surface area (Å²) in [5, 5.41) is 12.4. The minimum absolute atomic E-state index is 0.0489. The largest absolute Gasteiger partial charge is 0.395 e. The van der Waals surface area contributed by atoms with Crippen LogP contribution in [0.5, 0.6) is 0 Å². The van der Waals surface area contributed by atoms with Crippen LogP contribution in [0.3, 0.4) is 0 Å². The highest BCUT2D eigenvalue weighted by Gasteiger charge is 2.26. The van der Waals surface area contributed by atoms with E-state index in [1.54, 1.807) is 0 Å². The SMILES string of the molecule is O=C(NC1CCCCC1)N(CCO)C1CCCCC1. The van der Waals surface area contributed by atoms with Gasteiger partial charge in [0.25, 0.3) is 0 Å². The Balaban J connectivity index is 1.87. The van der Waals surface area contributed by atoms with Crippen molar-refractivity contribution in [1.82, 2.24) is 10.2 Å². The number of carbonyl (C=O) groups excluding carboxylic acids is 1. The third-order valence-electron chi connectivity index (χ3n) is 4.55. The Hall–Kier alpha value is -0.770. The van der Waals surface area contributed by atoms with E-state index in [0.717, 1.165) is 25.7 Å². The summed E-state index contributed by atoms with van der Waals surface area (Å²) in [7, 11) is 0. The molecule has 0 unspecified atom stereocenters. The molecule has 4 nitrogen and oxygen atoms in total. The number of urea groups is 1. The molecule has 0 aromatic heterocycles. The van der Waals surface area contributed by atoms with E-state index in [2.05, 4.69) is 5.32 Å². The number of hydrogen-bond acceptors (Lipinski definition) is 2. The predicted octanol–water partition coefficient (Wildman–Crippen LogP) is 2.66. The van der Waals surface area contributed by atoms with Crippen molar-refractivity contribution in [3.63, 3.8) is 0 Å². The van der Waals surface area contributed by atoms with E-state index in [9.17, 15) is 9.90 Å². The molecule has 0 radical (unpaired) electrons. The van der Waals surface area contributed by atoms with Crippen LogP contribution >= 0.6 is 0 Å². The number of hydrogen-bond donors (Lipinski definition) is 2. The Labute approximate surface area is 116 Å². The van der Waals surface area contributed by atoms with E-state index in [-0.39, 0.29) is 12.6 Å². The molecule has 2 rings (SSSR count). The van der Waals surface area contributed by atoms with Gasteiger partial charge < -0.3 is 15.3 Å². The van der Waals surface area contributed by atoms with E-state index < -0.39 is 0 Å². The van der Waals surface area contributed by atoms with Gasteiger partial charge in [0, 0.05) is 18.6 Å². The zero-order valence-corrected chi connectivity index (χ0v) is 11.9. The van der Waals surface area contributed by atoms with Crippen LogP contribution in [0, 0.1) is 0 Å². The van der Waals surface area contributed by atoms with Gasteiger partial charge in [0.05, 0.1) is 6.61 Å². The first kappa shape index (κ1) is 14.6. The summed E-state index contributed by atoms with van der Waals surface area (Å²) in [5.74, 6) is 0. The van der Waals surface area contributed by atoms with Gasteiger partial charge in [0.15, 0.2) is 0 Å². The fraction of sp³-hybridized carbons (Fsp3) is 0.933. The summed E-state index contributed by atoms with van der Waals surface area (Å²) in [4.78, 5) is 14.3. The highest BCUT2D eigenvalue weighted by atomic mass is 16.3. The molecule has 0 bridgehead atoms. The molecule has 2 N–H and O–H groups in total. The van der Waals surface area contributed by atoms with Gasteiger partial charge in [-0.1, -0.05) is 38.5 Å². The third kappa shape index (κ3) is 4.37. The van der Waals surface area contributed by atoms with Crippen molar-refractivity contribution >= 4 is 6.03 Å². The molecule has 2 fully saturated rings. The number of rotatable bonds is 4. The average molecular weight is 268 g/mol. The number of carbonyl (C=O) groups is 1. The Morgan fingerprint density at radius 3 is 2.16 bits per heavy atom. The van der Waals surface area contributed by atoms with Gasteiger partial charge in [0.2, 0.25) is 0 Å². The maximum absolute atomic E-state index is 12.4. The summed E-state index contributed by atoms with van der Waals surface area (Å²) in [6, 6.07) is 0.739. The number of aliphatic hydroxyl groups excluding tert-OH is 1. The average Bonchev–Trinajstić information content (AvgIpc) is 2.46. The van der Waals surface area contributed by atoms with Gasteiger partial charge >= 0.3 is 6.03 Å². The van der Waals surface area contributed by atoms with Crippen LogP contribution in [0.2, 0.25) is 0 Å². The first-order valence-electron chi connectivity index (χ1n) is 7.99. The summed E-state index contributed by atoms with van der Waals surface area (Å²) < 4.78 is 0. The lowest BCUT2D eigenvalue weighted by atomic mass is 9.94. The number of aliphatic hydroxyl groups is 1. The maximum atomic E-state index is 12.4. The Morgan fingerprint density at radius 1 is 1.00 bits per heavy atom. The maximum Gasteiger partial charge on any atom is 0.317 e. The van der Waals surface area contributed by atoms with Crippen molar-refractivity contribution in [2.75, 3.05) is 13.2 Å². The van der Waals surface area contributed by atoms with E-state index in [1.807, 2.05) is 4.90 Å². The molecule has 19 heavy (non-hydrogen) atoms. The van der Waals surface area contributed by atoms with Crippen LogP contribution in [-0.4, -0.2) is 41.3 Å². The lowest BCUT2D eigenvalue weighted by molar-refractivity contribution is 0.130. The minimum atomic E-state index is 0.0489. The Bertz CT molecular complexity index is 271. The molecule has 0 aromatic carbocycles. The van der Waals surface area contributed by atoms with E-state index in [1.165, 1.54) is 38.5 Å². The molecular formula is C15H28N2O2. The van der Waals surface area contributed by atoms with Crippen molar-refractivity contribution in [3.05, 3.63) is 0 Å². The first-order valence-corrected chi connectivity index (χ1v) is 7.99. The van der Waals surface area contributed by atoms with Crippen LogP contribution in [-0.2, 0) is 0 Å². The normalized spacial score (nSPS) is 22.2. The predicted molar refractivity (Wildman–Crippen MR) is 76.1 cm³/mol. The van der Waals surface area contributed by atoms with Crippen molar-refractivity contribution in [3.8, 4) is 0 Å². The van der Waals surface area contributed by atoms with Crippen LogP contribution in [0.1, 0.15) is 64.2 Å². The van der Waals surface area contributed by atoms with Gasteiger partial charge in [-0.3, -0.25) is 0 Å². The molecule has 4 heteroatoms. The van der Waals surface area contributed by atoms with E-state index >= 15 is 0 Å². The summed E-state index contributed by atoms with van der Waals surface area (Å²) >= 11 is 0. The van der Waals surface area contributed by atoms with Crippen molar-refractivity contribution in [1.29, 1.82) is 0 Å². The van der Waals surface area contributed by atoms with Gasteiger partial charge in [-0.2, -0.15) is 0 Å². The van der Waals surface area contributed by atoms with Gasteiger partial charge in [-0.25, -0.2) is 4.79 Å². The molecule has 0 spiro atoms. The molecule has 0 aliphatic heterocycles. The fourth-order valence-corrected chi connectivity index (χ4v) is 3.45. The molecular weight excluding hydrogens is 240 g/mol. The van der Waals surface area contributed by atoms with E-state index in [4.69, 9.17) is 0 Å². The van der Waals surface area contributed by atoms with E-state index in [0.29, 0.717) is 18.6 Å². The quantitative estimate of drug-likeness (QED) is 0.823. The topological polar surface area (TPSA) is 52.6 Å². The first-order chi connectivity index (χ1) is 9.31. The minimum Gasteiger partial charge on any atom is -0.395 e. The van der Waals surface area contributed by atoms with Crippen LogP contribution in [0.4, 0.5) is 4.79 Å². The highest BCUT2D eigenvalue weighted by molar-refractivity contribution is 5.75. The molecule has 2 saturated carbocycles. The van der Waals surface area contributed by atoms with Crippen LogP contribution in [0.25, 0.3) is 0 Å². The smallest absolute Gasteiger partial charge is 0.317 e. The highest BCUT2D eigenvalue weighted by Crippen LogP contribution is 2.23. The summed E-state index contributed by atoms with van der Waals surface area (Å²) in [6.07, 6.45) is 11.9. The van der Waals surface area contributed by atoms with Crippen LogP contribution < -0.4 is 5.32 Å². The van der Waals surface area contributed by atoms with Crippen molar-refractivity contribution in [2.24, 2.45) is 0 Å². The number of nitrogens with zero attached hydrogens (tertiary/aromatic N) is 1. The van der Waals surface area contributed by atoms with Crippen molar-refractivity contribution < 1.29 is 9.90 Å². The standard InChI is InChI=1S/C15H28N2O2/c18-12-11-17(14-9-5-2-6-10-14)15(19)16-13-7-3-1-4-8-13/h13-14,18H,1-12H2,(H,16,19). The van der Waals surface area contributed by atoms with Crippen molar-refractivity contribution in [2.45, 2.75) is 76.3 Å². The molecule has 0 saturated heterocycles. The molecule has 2 aliphatic carbocycles. The van der Waals surface area contributed by atoms with Crippen LogP contribution in [0.15, 0.2) is 0 Å².